The Labute approximate surface area is 188 Å². The van der Waals surface area contributed by atoms with E-state index in [9.17, 15) is 4.79 Å². The topological polar surface area (TPSA) is 35.6 Å². The lowest BCUT2D eigenvalue weighted by atomic mass is 9.72. The van der Waals surface area contributed by atoms with Crippen LogP contribution in [0, 0.1) is 11.8 Å². The van der Waals surface area contributed by atoms with E-state index in [0.29, 0.717) is 6.67 Å². The van der Waals surface area contributed by atoms with Crippen LogP contribution in [0.15, 0.2) is 30.3 Å². The van der Waals surface area contributed by atoms with Crippen LogP contribution in [-0.2, 0) is 4.79 Å². The van der Waals surface area contributed by atoms with Crippen LogP contribution >= 0.6 is 12.4 Å². The van der Waals surface area contributed by atoms with Gasteiger partial charge in [0.05, 0.1) is 6.67 Å². The lowest BCUT2D eigenvalue weighted by Crippen LogP contribution is -2.58. The molecule has 0 radical (unpaired) electrons. The van der Waals surface area contributed by atoms with Crippen LogP contribution in [0.5, 0.6) is 0 Å². The van der Waals surface area contributed by atoms with E-state index < -0.39 is 0 Å². The lowest BCUT2D eigenvalue weighted by molar-refractivity contribution is -0.125. The van der Waals surface area contributed by atoms with Gasteiger partial charge in [-0.3, -0.25) is 4.79 Å². The maximum atomic E-state index is 12.9. The van der Waals surface area contributed by atoms with Crippen LogP contribution in [0.25, 0.3) is 0 Å². The molecule has 1 amide bonds. The molecule has 4 aliphatic rings. The zero-order valence-corrected chi connectivity index (χ0v) is 19.0. The van der Waals surface area contributed by atoms with E-state index in [4.69, 9.17) is 0 Å². The molecule has 5 rings (SSSR count). The lowest BCUT2D eigenvalue weighted by Gasteiger charge is -2.47. The molecule has 0 aromatic heterocycles. The Morgan fingerprint density at radius 1 is 0.833 bits per heavy atom. The molecule has 5 heteroatoms. The average molecular weight is 432 g/mol. The van der Waals surface area contributed by atoms with Crippen molar-refractivity contribution in [1.29, 1.82) is 0 Å². The molecule has 1 aromatic carbocycles. The fourth-order valence-corrected chi connectivity index (χ4v) is 6.84. The van der Waals surface area contributed by atoms with Crippen LogP contribution in [0.3, 0.4) is 0 Å². The maximum Gasteiger partial charge on any atom is 0.247 e. The van der Waals surface area contributed by atoms with Crippen molar-refractivity contribution >= 4 is 24.0 Å². The summed E-state index contributed by atoms with van der Waals surface area (Å²) in [6.45, 7) is 2.78. The minimum Gasteiger partial charge on any atom is -0.339 e. The second-order valence-electron chi connectivity index (χ2n) is 9.96. The molecule has 30 heavy (non-hydrogen) atoms. The molecule has 4 nitrogen and oxygen atoms in total. The Bertz CT molecular complexity index is 690. The van der Waals surface area contributed by atoms with E-state index in [2.05, 4.69) is 39.4 Å². The first-order valence-electron chi connectivity index (χ1n) is 12.1. The van der Waals surface area contributed by atoms with Gasteiger partial charge in [-0.2, -0.15) is 0 Å². The number of nitrogens with zero attached hydrogens (tertiary/aromatic N) is 2. The number of anilines is 1. The van der Waals surface area contributed by atoms with Crippen molar-refractivity contribution in [2.45, 2.75) is 82.2 Å². The number of amides is 1. The van der Waals surface area contributed by atoms with E-state index in [1.165, 1.54) is 63.5 Å². The van der Waals surface area contributed by atoms with Gasteiger partial charge in [-0.25, -0.2) is 0 Å². The van der Waals surface area contributed by atoms with E-state index in [-0.39, 0.29) is 23.9 Å². The molecule has 0 unspecified atom stereocenters. The summed E-state index contributed by atoms with van der Waals surface area (Å²) in [6, 6.07) is 11.2. The molecular formula is C25H38ClN3O. The molecule has 2 saturated heterocycles. The minimum atomic E-state index is -0.336. The van der Waals surface area contributed by atoms with Crippen molar-refractivity contribution in [2.24, 2.45) is 11.8 Å². The van der Waals surface area contributed by atoms with Crippen LogP contribution in [0.2, 0.25) is 0 Å². The van der Waals surface area contributed by atoms with Gasteiger partial charge < -0.3 is 15.1 Å². The van der Waals surface area contributed by atoms with Gasteiger partial charge >= 0.3 is 0 Å². The van der Waals surface area contributed by atoms with Gasteiger partial charge in [0.25, 0.3) is 0 Å². The third-order valence-electron chi connectivity index (χ3n) is 8.60. The van der Waals surface area contributed by atoms with Gasteiger partial charge in [0.2, 0.25) is 5.91 Å². The number of likely N-dealkylation sites (tertiary alicyclic amines) is 1. The molecule has 1 spiro atoms. The Kier molecular flexibility index (Phi) is 6.94. The highest BCUT2D eigenvalue weighted by atomic mass is 35.5. The third-order valence-corrected chi connectivity index (χ3v) is 8.60. The average Bonchev–Trinajstić information content (AvgIpc) is 3.11. The molecule has 1 N–H and O–H groups in total. The van der Waals surface area contributed by atoms with Crippen molar-refractivity contribution in [3.63, 3.8) is 0 Å². The van der Waals surface area contributed by atoms with Crippen LogP contribution in [0.1, 0.15) is 70.6 Å². The summed E-state index contributed by atoms with van der Waals surface area (Å²) < 4.78 is 0. The number of hydrogen-bond donors (Lipinski definition) is 1. The zero-order chi connectivity index (χ0) is 19.7. The number of para-hydroxylation sites is 1. The summed E-state index contributed by atoms with van der Waals surface area (Å²) >= 11 is 0. The Balaban J connectivity index is 0.00000218. The normalized spacial score (nSPS) is 30.1. The van der Waals surface area contributed by atoms with E-state index in [1.54, 1.807) is 0 Å². The Morgan fingerprint density at radius 2 is 1.47 bits per heavy atom. The molecule has 0 atom stereocenters. The molecule has 2 aliphatic heterocycles. The second kappa shape index (κ2) is 9.48. The van der Waals surface area contributed by atoms with E-state index in [1.807, 2.05) is 6.07 Å². The summed E-state index contributed by atoms with van der Waals surface area (Å²) in [6.07, 6.45) is 14.9. The highest BCUT2D eigenvalue weighted by molar-refractivity contribution is 5.93. The van der Waals surface area contributed by atoms with Crippen molar-refractivity contribution in [1.82, 2.24) is 10.2 Å². The monoisotopic (exact) mass is 431 g/mol. The first-order valence-corrected chi connectivity index (χ1v) is 12.1. The minimum absolute atomic E-state index is 0. The number of rotatable bonds is 3. The zero-order valence-electron chi connectivity index (χ0n) is 18.2. The number of nitrogens with one attached hydrogen (secondary N) is 1. The summed E-state index contributed by atoms with van der Waals surface area (Å²) in [5.74, 6) is 2.26. The van der Waals surface area contributed by atoms with Crippen LogP contribution in [-0.4, -0.2) is 42.1 Å². The predicted octanol–water partition coefficient (Wildman–Crippen LogP) is 4.98. The van der Waals surface area contributed by atoms with Crippen molar-refractivity contribution in [3.05, 3.63) is 30.3 Å². The second-order valence-corrected chi connectivity index (χ2v) is 9.96. The number of carbonyl (C=O) groups is 1. The first-order chi connectivity index (χ1) is 14.3. The summed E-state index contributed by atoms with van der Waals surface area (Å²) in [4.78, 5) is 17.9. The standard InChI is InChI=1S/C25H37N3O.ClH/c29-24-25(28(19-26-24)23-9-5-2-6-10-23)15-17-27(18-16-25)22-13-11-21(12-14-22)20-7-3-1-4-8-20;/h2,5-6,9-10,20-22H,1,3-4,7-8,11-19H2,(H,26,29);1H/t21-,22+;. The highest BCUT2D eigenvalue weighted by Gasteiger charge is 2.51. The van der Waals surface area contributed by atoms with Gasteiger partial charge in [0.1, 0.15) is 5.54 Å². The number of hydrogen-bond acceptors (Lipinski definition) is 3. The van der Waals surface area contributed by atoms with Gasteiger partial charge in [-0.05, 0) is 62.5 Å². The fraction of sp³-hybridized carbons (Fsp3) is 0.720. The molecule has 1 aromatic rings. The summed E-state index contributed by atoms with van der Waals surface area (Å²) in [5.41, 5.74) is 0.837. The van der Waals surface area contributed by atoms with E-state index >= 15 is 0 Å². The van der Waals surface area contributed by atoms with Crippen molar-refractivity contribution in [3.8, 4) is 0 Å². The molecule has 2 saturated carbocycles. The number of carbonyl (C=O) groups excluding carboxylic acids is 1. The van der Waals surface area contributed by atoms with E-state index in [0.717, 1.165) is 43.8 Å². The summed E-state index contributed by atoms with van der Waals surface area (Å²) in [5, 5.41) is 3.13. The van der Waals surface area contributed by atoms with Crippen LogP contribution in [0.4, 0.5) is 5.69 Å². The first kappa shape index (κ1) is 22.0. The quantitative estimate of drug-likeness (QED) is 0.733. The van der Waals surface area contributed by atoms with Crippen molar-refractivity contribution < 1.29 is 4.79 Å². The van der Waals surface area contributed by atoms with Gasteiger partial charge in [-0.15, -0.1) is 12.4 Å². The maximum absolute atomic E-state index is 12.9. The predicted molar refractivity (Wildman–Crippen MR) is 125 cm³/mol. The third kappa shape index (κ3) is 4.10. The summed E-state index contributed by atoms with van der Waals surface area (Å²) in [7, 11) is 0. The molecule has 0 bridgehead atoms. The molecule has 166 valence electrons. The Morgan fingerprint density at radius 3 is 2.13 bits per heavy atom. The van der Waals surface area contributed by atoms with Gasteiger partial charge in [0, 0.05) is 24.8 Å². The Hall–Kier alpha value is -1.26. The van der Waals surface area contributed by atoms with Gasteiger partial charge in [0.15, 0.2) is 0 Å². The molecule has 2 aliphatic carbocycles. The molecular weight excluding hydrogens is 394 g/mol. The van der Waals surface area contributed by atoms with Crippen molar-refractivity contribution in [2.75, 3.05) is 24.7 Å². The number of piperidine rings is 1. The van der Waals surface area contributed by atoms with Gasteiger partial charge in [-0.1, -0.05) is 50.3 Å². The number of halogens is 1. The number of benzene rings is 1. The SMILES string of the molecule is Cl.O=C1NCN(c2ccccc2)C12CCN([C@H]1CC[C@@H](C3CCCCC3)CC1)CC2. The molecule has 2 heterocycles. The molecule has 4 fully saturated rings. The highest BCUT2D eigenvalue weighted by Crippen LogP contribution is 2.41. The van der Waals surface area contributed by atoms with Crippen LogP contribution < -0.4 is 10.2 Å². The largest absolute Gasteiger partial charge is 0.339 e. The fourth-order valence-electron chi connectivity index (χ4n) is 6.84. The smallest absolute Gasteiger partial charge is 0.247 e.